The van der Waals surface area contributed by atoms with Crippen LogP contribution in [-0.2, 0) is 24.2 Å². The Balaban J connectivity index is 1.65. The van der Waals surface area contributed by atoms with E-state index in [0.29, 0.717) is 23.3 Å². The summed E-state index contributed by atoms with van der Waals surface area (Å²) in [6, 6.07) is 1.65. The standard InChI is InChI=1S/C19H20N4O3S2/c1-4-8-23-18(25)15-12-6-5-7-13(12)28-17(15)21-19(23)27-11(3)16(24)20-14-9-10(2)26-22-14/h4,9,11H,1,5-8H2,2-3H3,(H,20,22,24)/t11-/m1/s1. The van der Waals surface area contributed by atoms with Crippen LogP contribution < -0.4 is 10.9 Å². The summed E-state index contributed by atoms with van der Waals surface area (Å²) in [6.45, 7) is 7.64. The predicted molar refractivity (Wildman–Crippen MR) is 111 cm³/mol. The van der Waals surface area contributed by atoms with Gasteiger partial charge in [-0.05, 0) is 38.7 Å². The van der Waals surface area contributed by atoms with Crippen molar-refractivity contribution in [1.82, 2.24) is 14.7 Å². The molecule has 1 atom stereocenters. The summed E-state index contributed by atoms with van der Waals surface area (Å²) >= 11 is 2.85. The molecule has 146 valence electrons. The number of amides is 1. The van der Waals surface area contributed by atoms with Crippen molar-refractivity contribution >= 4 is 45.0 Å². The highest BCUT2D eigenvalue weighted by Crippen LogP contribution is 2.36. The van der Waals surface area contributed by atoms with Gasteiger partial charge >= 0.3 is 0 Å². The zero-order valence-corrected chi connectivity index (χ0v) is 17.3. The lowest BCUT2D eigenvalue weighted by Crippen LogP contribution is -2.26. The zero-order chi connectivity index (χ0) is 19.8. The number of carbonyl (C=O) groups is 1. The molecule has 0 fully saturated rings. The highest BCUT2D eigenvalue weighted by Gasteiger charge is 2.25. The molecule has 0 radical (unpaired) electrons. The maximum Gasteiger partial charge on any atom is 0.263 e. The fraction of sp³-hybridized carbons (Fsp3) is 0.368. The molecule has 3 aromatic heterocycles. The van der Waals surface area contributed by atoms with E-state index in [-0.39, 0.29) is 11.5 Å². The molecule has 0 aliphatic heterocycles. The summed E-state index contributed by atoms with van der Waals surface area (Å²) in [5.41, 5.74) is 1.10. The molecule has 9 heteroatoms. The van der Waals surface area contributed by atoms with Crippen LogP contribution in [0.3, 0.4) is 0 Å². The molecule has 1 amide bonds. The van der Waals surface area contributed by atoms with Gasteiger partial charge in [-0.15, -0.1) is 17.9 Å². The molecule has 0 saturated carbocycles. The molecule has 0 spiro atoms. The number of thiophene rings is 1. The van der Waals surface area contributed by atoms with Gasteiger partial charge in [0, 0.05) is 17.5 Å². The molecule has 4 rings (SSSR count). The van der Waals surface area contributed by atoms with Gasteiger partial charge < -0.3 is 9.84 Å². The van der Waals surface area contributed by atoms with Crippen LogP contribution in [-0.4, -0.2) is 25.9 Å². The van der Waals surface area contributed by atoms with E-state index in [1.807, 2.05) is 0 Å². The SMILES string of the molecule is C=CCn1c(S[C@H](C)C(=O)Nc2cc(C)on2)nc2sc3c(c2c1=O)CCC3. The van der Waals surface area contributed by atoms with Crippen molar-refractivity contribution in [3.8, 4) is 0 Å². The number of anilines is 1. The van der Waals surface area contributed by atoms with Crippen LogP contribution in [0.5, 0.6) is 0 Å². The van der Waals surface area contributed by atoms with Crippen molar-refractivity contribution in [1.29, 1.82) is 0 Å². The van der Waals surface area contributed by atoms with E-state index >= 15 is 0 Å². The summed E-state index contributed by atoms with van der Waals surface area (Å²) in [6.07, 6.45) is 4.71. The number of nitrogens with zero attached hydrogens (tertiary/aromatic N) is 3. The fourth-order valence-corrected chi connectivity index (χ4v) is 5.52. The molecule has 7 nitrogen and oxygen atoms in total. The molecule has 28 heavy (non-hydrogen) atoms. The highest BCUT2D eigenvalue weighted by molar-refractivity contribution is 8.00. The second-order valence-electron chi connectivity index (χ2n) is 6.71. The van der Waals surface area contributed by atoms with Gasteiger partial charge in [0.05, 0.1) is 10.6 Å². The van der Waals surface area contributed by atoms with E-state index in [4.69, 9.17) is 9.51 Å². The number of hydrogen-bond donors (Lipinski definition) is 1. The van der Waals surface area contributed by atoms with Crippen molar-refractivity contribution < 1.29 is 9.32 Å². The molecule has 1 aliphatic rings. The van der Waals surface area contributed by atoms with E-state index < -0.39 is 5.25 Å². The lowest BCUT2D eigenvalue weighted by molar-refractivity contribution is -0.115. The third kappa shape index (κ3) is 3.40. The number of aryl methyl sites for hydroxylation is 3. The lowest BCUT2D eigenvalue weighted by atomic mass is 10.2. The van der Waals surface area contributed by atoms with Gasteiger partial charge in [-0.3, -0.25) is 14.2 Å². The maximum absolute atomic E-state index is 13.2. The van der Waals surface area contributed by atoms with Gasteiger partial charge in [0.15, 0.2) is 11.0 Å². The van der Waals surface area contributed by atoms with Gasteiger partial charge in [-0.2, -0.15) is 0 Å². The minimum Gasteiger partial charge on any atom is -0.360 e. The number of carbonyl (C=O) groups excluding carboxylic acids is 1. The van der Waals surface area contributed by atoms with Crippen molar-refractivity contribution in [3.63, 3.8) is 0 Å². The summed E-state index contributed by atoms with van der Waals surface area (Å²) in [5, 5.41) is 7.29. The first-order valence-corrected chi connectivity index (χ1v) is 10.7. The number of aromatic nitrogens is 3. The predicted octanol–water partition coefficient (Wildman–Crippen LogP) is 3.55. The third-order valence-electron chi connectivity index (χ3n) is 4.63. The Hall–Kier alpha value is -2.39. The number of nitrogens with one attached hydrogen (secondary N) is 1. The third-order valence-corrected chi connectivity index (χ3v) is 6.91. The van der Waals surface area contributed by atoms with Crippen molar-refractivity contribution in [2.45, 2.75) is 50.1 Å². The first kappa shape index (κ1) is 18.9. The van der Waals surface area contributed by atoms with Crippen LogP contribution in [0.25, 0.3) is 10.2 Å². The number of rotatable bonds is 6. The Labute approximate surface area is 169 Å². The zero-order valence-electron chi connectivity index (χ0n) is 15.7. The summed E-state index contributed by atoms with van der Waals surface area (Å²) < 4.78 is 6.58. The van der Waals surface area contributed by atoms with Gasteiger partial charge in [0.25, 0.3) is 5.56 Å². The van der Waals surface area contributed by atoms with Crippen LogP contribution in [0.4, 0.5) is 5.82 Å². The van der Waals surface area contributed by atoms with Crippen LogP contribution in [0, 0.1) is 6.92 Å². The summed E-state index contributed by atoms with van der Waals surface area (Å²) in [5.74, 6) is 0.760. The van der Waals surface area contributed by atoms with E-state index in [1.54, 1.807) is 41.9 Å². The molecular formula is C19H20N4O3S2. The van der Waals surface area contributed by atoms with Crippen LogP contribution in [0.1, 0.15) is 29.5 Å². The molecule has 1 N–H and O–H groups in total. The molecule has 0 bridgehead atoms. The Morgan fingerprint density at radius 3 is 3.07 bits per heavy atom. The largest absolute Gasteiger partial charge is 0.360 e. The number of thioether (sulfide) groups is 1. The number of fused-ring (bicyclic) bond motifs is 3. The molecule has 0 aromatic carbocycles. The fourth-order valence-electron chi connectivity index (χ4n) is 3.30. The van der Waals surface area contributed by atoms with E-state index in [9.17, 15) is 9.59 Å². The van der Waals surface area contributed by atoms with Gasteiger partial charge in [0.1, 0.15) is 10.6 Å². The van der Waals surface area contributed by atoms with Gasteiger partial charge in [-0.25, -0.2) is 4.98 Å². The second-order valence-corrected chi connectivity index (χ2v) is 9.10. The Kier molecular flexibility index (Phi) is 5.11. The Morgan fingerprint density at radius 2 is 2.36 bits per heavy atom. The normalized spacial score (nSPS) is 14.2. The monoisotopic (exact) mass is 416 g/mol. The maximum atomic E-state index is 13.2. The molecule has 1 aliphatic carbocycles. The molecule has 0 unspecified atom stereocenters. The van der Waals surface area contributed by atoms with E-state index in [2.05, 4.69) is 17.1 Å². The minimum absolute atomic E-state index is 0.0495. The highest BCUT2D eigenvalue weighted by atomic mass is 32.2. The molecule has 3 aromatic rings. The minimum atomic E-state index is -0.468. The quantitative estimate of drug-likeness (QED) is 0.375. The Morgan fingerprint density at radius 1 is 1.54 bits per heavy atom. The lowest BCUT2D eigenvalue weighted by Gasteiger charge is -2.14. The summed E-state index contributed by atoms with van der Waals surface area (Å²) in [4.78, 5) is 32.4. The van der Waals surface area contributed by atoms with E-state index in [0.717, 1.165) is 35.0 Å². The van der Waals surface area contributed by atoms with Crippen LogP contribution in [0.15, 0.2) is 33.2 Å². The van der Waals surface area contributed by atoms with Crippen molar-refractivity contribution in [3.05, 3.63) is 45.3 Å². The molecular weight excluding hydrogens is 396 g/mol. The first-order chi connectivity index (χ1) is 13.5. The van der Waals surface area contributed by atoms with E-state index in [1.165, 1.54) is 16.6 Å². The Bertz CT molecular complexity index is 1130. The second kappa shape index (κ2) is 7.56. The molecule has 3 heterocycles. The van der Waals surface area contributed by atoms with Crippen molar-refractivity contribution in [2.24, 2.45) is 0 Å². The summed E-state index contributed by atoms with van der Waals surface area (Å²) in [7, 11) is 0. The number of hydrogen-bond acceptors (Lipinski definition) is 7. The molecule has 0 saturated heterocycles. The van der Waals surface area contributed by atoms with Gasteiger partial charge in [-0.1, -0.05) is 23.0 Å². The average molecular weight is 417 g/mol. The van der Waals surface area contributed by atoms with Crippen molar-refractivity contribution in [2.75, 3.05) is 5.32 Å². The average Bonchev–Trinajstić information content (AvgIpc) is 3.34. The topological polar surface area (TPSA) is 90.0 Å². The number of allylic oxidation sites excluding steroid dienone is 1. The smallest absolute Gasteiger partial charge is 0.263 e. The first-order valence-electron chi connectivity index (χ1n) is 9.04. The van der Waals surface area contributed by atoms with Crippen LogP contribution in [0.2, 0.25) is 0 Å². The van der Waals surface area contributed by atoms with Crippen LogP contribution >= 0.6 is 23.1 Å². The van der Waals surface area contributed by atoms with Gasteiger partial charge in [0.2, 0.25) is 5.91 Å².